The van der Waals surface area contributed by atoms with Gasteiger partial charge in [0.1, 0.15) is 11.9 Å². The van der Waals surface area contributed by atoms with Crippen LogP contribution >= 0.6 is 0 Å². The molecule has 0 bridgehead atoms. The zero-order valence-corrected chi connectivity index (χ0v) is 10.8. The zero-order chi connectivity index (χ0) is 12.5. The minimum Gasteiger partial charge on any atom is -0.474 e. The maximum Gasteiger partial charge on any atom is 0.254 e. The fourth-order valence-electron chi connectivity index (χ4n) is 2.72. The molecule has 1 N–H and O–H groups in total. The van der Waals surface area contributed by atoms with E-state index < -0.39 is 0 Å². The van der Waals surface area contributed by atoms with Crippen molar-refractivity contribution in [2.45, 2.75) is 57.5 Å². The third-order valence-corrected chi connectivity index (χ3v) is 3.88. The van der Waals surface area contributed by atoms with Gasteiger partial charge in [-0.3, -0.25) is 4.79 Å². The molecule has 4 heteroatoms. The lowest BCUT2D eigenvalue weighted by Crippen LogP contribution is -2.25. The Labute approximate surface area is 107 Å². The smallest absolute Gasteiger partial charge is 0.254 e. The molecule has 1 aromatic heterocycles. The normalized spacial score (nSPS) is 28.1. The number of aromatic amines is 1. The van der Waals surface area contributed by atoms with Crippen LogP contribution in [-0.4, -0.2) is 16.1 Å². The SMILES string of the molecule is CC1CCCC(Oc2cc(=O)[nH]c(C3CC3)n2)C1. The van der Waals surface area contributed by atoms with E-state index in [1.807, 2.05) is 0 Å². The van der Waals surface area contributed by atoms with E-state index in [0.29, 0.717) is 17.7 Å². The molecule has 0 radical (unpaired) electrons. The van der Waals surface area contributed by atoms with Crippen LogP contribution in [0.15, 0.2) is 10.9 Å². The van der Waals surface area contributed by atoms with Crippen LogP contribution in [0.25, 0.3) is 0 Å². The predicted molar refractivity (Wildman–Crippen MR) is 68.9 cm³/mol. The van der Waals surface area contributed by atoms with Crippen molar-refractivity contribution in [1.29, 1.82) is 0 Å². The van der Waals surface area contributed by atoms with E-state index in [4.69, 9.17) is 4.74 Å². The molecule has 2 aliphatic rings. The van der Waals surface area contributed by atoms with Crippen molar-refractivity contribution >= 4 is 0 Å². The predicted octanol–water partition coefficient (Wildman–Crippen LogP) is 2.60. The second kappa shape index (κ2) is 4.75. The summed E-state index contributed by atoms with van der Waals surface area (Å²) in [5, 5.41) is 0. The van der Waals surface area contributed by atoms with Crippen molar-refractivity contribution in [3.8, 4) is 5.88 Å². The van der Waals surface area contributed by atoms with E-state index in [1.165, 1.54) is 18.9 Å². The van der Waals surface area contributed by atoms with Crippen molar-refractivity contribution in [3.05, 3.63) is 22.2 Å². The van der Waals surface area contributed by atoms with Gasteiger partial charge in [0.2, 0.25) is 5.88 Å². The molecule has 2 saturated carbocycles. The highest BCUT2D eigenvalue weighted by atomic mass is 16.5. The third-order valence-electron chi connectivity index (χ3n) is 3.88. The monoisotopic (exact) mass is 248 g/mol. The highest BCUT2D eigenvalue weighted by Gasteiger charge is 2.27. The minimum atomic E-state index is -0.0919. The van der Waals surface area contributed by atoms with Gasteiger partial charge in [-0.15, -0.1) is 0 Å². The number of H-pyrrole nitrogens is 1. The van der Waals surface area contributed by atoms with Gasteiger partial charge in [0.25, 0.3) is 5.56 Å². The zero-order valence-electron chi connectivity index (χ0n) is 10.8. The lowest BCUT2D eigenvalue weighted by molar-refractivity contribution is 0.123. The Morgan fingerprint density at radius 1 is 1.33 bits per heavy atom. The summed E-state index contributed by atoms with van der Waals surface area (Å²) in [5.41, 5.74) is -0.0919. The molecule has 2 unspecified atom stereocenters. The van der Waals surface area contributed by atoms with Gasteiger partial charge in [-0.1, -0.05) is 13.3 Å². The van der Waals surface area contributed by atoms with Gasteiger partial charge in [-0.2, -0.15) is 4.98 Å². The fraction of sp³-hybridized carbons (Fsp3) is 0.714. The first kappa shape index (κ1) is 11.8. The van der Waals surface area contributed by atoms with E-state index >= 15 is 0 Å². The first-order valence-electron chi connectivity index (χ1n) is 6.98. The van der Waals surface area contributed by atoms with Gasteiger partial charge >= 0.3 is 0 Å². The van der Waals surface area contributed by atoms with Crippen LogP contribution in [0.1, 0.15) is 57.2 Å². The van der Waals surface area contributed by atoms with Crippen molar-refractivity contribution in [2.24, 2.45) is 5.92 Å². The highest BCUT2D eigenvalue weighted by Crippen LogP contribution is 2.38. The Bertz CT molecular complexity index is 479. The molecule has 0 amide bonds. The summed E-state index contributed by atoms with van der Waals surface area (Å²) in [4.78, 5) is 18.8. The molecule has 0 aromatic carbocycles. The average molecular weight is 248 g/mol. The van der Waals surface area contributed by atoms with Gasteiger partial charge in [0, 0.05) is 5.92 Å². The summed E-state index contributed by atoms with van der Waals surface area (Å²) < 4.78 is 5.89. The standard InChI is InChI=1S/C14H20N2O2/c1-9-3-2-4-11(7-9)18-13-8-12(17)15-14(16-13)10-5-6-10/h8-11H,2-7H2,1H3,(H,15,16,17). The van der Waals surface area contributed by atoms with Gasteiger partial charge in [0.15, 0.2) is 0 Å². The van der Waals surface area contributed by atoms with Crippen molar-refractivity contribution in [3.63, 3.8) is 0 Å². The number of ether oxygens (including phenoxy) is 1. The van der Waals surface area contributed by atoms with Crippen LogP contribution in [0.4, 0.5) is 0 Å². The molecule has 2 aliphatic carbocycles. The lowest BCUT2D eigenvalue weighted by Gasteiger charge is -2.26. The molecule has 3 rings (SSSR count). The second-order valence-electron chi connectivity index (χ2n) is 5.75. The van der Waals surface area contributed by atoms with Crippen LogP contribution in [0.5, 0.6) is 5.88 Å². The summed E-state index contributed by atoms with van der Waals surface area (Å²) in [6, 6.07) is 1.48. The number of hydrogen-bond donors (Lipinski definition) is 1. The van der Waals surface area contributed by atoms with Crippen LogP contribution in [0, 0.1) is 5.92 Å². The highest BCUT2D eigenvalue weighted by molar-refractivity contribution is 5.14. The molecular weight excluding hydrogens is 228 g/mol. The third kappa shape index (κ3) is 2.74. The first-order valence-corrected chi connectivity index (χ1v) is 6.98. The Kier molecular flexibility index (Phi) is 3.10. The number of hydrogen-bond acceptors (Lipinski definition) is 3. The van der Waals surface area contributed by atoms with E-state index in [-0.39, 0.29) is 11.7 Å². The topological polar surface area (TPSA) is 55.0 Å². The van der Waals surface area contributed by atoms with E-state index in [0.717, 1.165) is 31.5 Å². The lowest BCUT2D eigenvalue weighted by atomic mass is 9.89. The Morgan fingerprint density at radius 2 is 2.17 bits per heavy atom. The fourth-order valence-corrected chi connectivity index (χ4v) is 2.72. The molecule has 2 atom stereocenters. The molecule has 0 aliphatic heterocycles. The molecule has 4 nitrogen and oxygen atoms in total. The maximum atomic E-state index is 11.6. The first-order chi connectivity index (χ1) is 8.70. The largest absolute Gasteiger partial charge is 0.474 e. The van der Waals surface area contributed by atoms with Crippen molar-refractivity contribution in [2.75, 3.05) is 0 Å². The van der Waals surface area contributed by atoms with Crippen LogP contribution in [0.2, 0.25) is 0 Å². The summed E-state index contributed by atoms with van der Waals surface area (Å²) in [6.07, 6.45) is 7.15. The van der Waals surface area contributed by atoms with Gasteiger partial charge < -0.3 is 9.72 Å². The average Bonchev–Trinajstić information content (AvgIpc) is 3.11. The number of aromatic nitrogens is 2. The molecule has 0 spiro atoms. The van der Waals surface area contributed by atoms with Gasteiger partial charge in [-0.05, 0) is 38.0 Å². The van der Waals surface area contributed by atoms with Crippen LogP contribution < -0.4 is 10.3 Å². The number of rotatable bonds is 3. The van der Waals surface area contributed by atoms with Crippen LogP contribution in [0.3, 0.4) is 0 Å². The van der Waals surface area contributed by atoms with Crippen molar-refractivity contribution < 1.29 is 4.74 Å². The Balaban J connectivity index is 1.73. The van der Waals surface area contributed by atoms with E-state index in [1.54, 1.807) is 0 Å². The van der Waals surface area contributed by atoms with E-state index in [9.17, 15) is 4.79 Å². The summed E-state index contributed by atoms with van der Waals surface area (Å²) in [7, 11) is 0. The summed E-state index contributed by atoms with van der Waals surface area (Å²) in [6.45, 7) is 2.26. The van der Waals surface area contributed by atoms with Gasteiger partial charge in [0.05, 0.1) is 6.07 Å². The minimum absolute atomic E-state index is 0.0919. The quantitative estimate of drug-likeness (QED) is 0.894. The molecular formula is C14H20N2O2. The second-order valence-corrected chi connectivity index (χ2v) is 5.75. The van der Waals surface area contributed by atoms with E-state index in [2.05, 4.69) is 16.9 Å². The summed E-state index contributed by atoms with van der Waals surface area (Å²) >= 11 is 0. The summed E-state index contributed by atoms with van der Waals surface area (Å²) in [5.74, 6) is 2.49. The Hall–Kier alpha value is -1.32. The number of nitrogens with zero attached hydrogens (tertiary/aromatic N) is 1. The maximum absolute atomic E-state index is 11.6. The molecule has 98 valence electrons. The molecule has 0 saturated heterocycles. The molecule has 1 aromatic rings. The number of nitrogens with one attached hydrogen (secondary N) is 1. The Morgan fingerprint density at radius 3 is 2.89 bits per heavy atom. The molecule has 2 fully saturated rings. The molecule has 18 heavy (non-hydrogen) atoms. The van der Waals surface area contributed by atoms with Crippen molar-refractivity contribution in [1.82, 2.24) is 9.97 Å². The molecule has 1 heterocycles. The van der Waals surface area contributed by atoms with Crippen LogP contribution in [-0.2, 0) is 0 Å². The van der Waals surface area contributed by atoms with Gasteiger partial charge in [-0.25, -0.2) is 0 Å².